The second-order valence-corrected chi connectivity index (χ2v) is 17.0. The molecule has 291 valence electrons. The molecule has 1 radical (unpaired) electrons. The molecule has 0 aliphatic carbocycles. The van der Waals surface area contributed by atoms with Crippen molar-refractivity contribution in [2.45, 2.75) is 126 Å². The van der Waals surface area contributed by atoms with E-state index in [0.29, 0.717) is 11.8 Å². The molecular weight excluding hydrogens is 861 g/mol. The minimum absolute atomic E-state index is 0. The summed E-state index contributed by atoms with van der Waals surface area (Å²) in [6, 6.07) is 23.4. The van der Waals surface area contributed by atoms with Gasteiger partial charge in [-0.3, -0.25) is 9.78 Å². The van der Waals surface area contributed by atoms with Crippen molar-refractivity contribution in [3.63, 3.8) is 0 Å². The zero-order chi connectivity index (χ0) is 39.0. The molecule has 0 spiro atoms. The van der Waals surface area contributed by atoms with E-state index in [4.69, 9.17) is 9.97 Å². The van der Waals surface area contributed by atoms with Crippen LogP contribution in [0.2, 0.25) is 0 Å². The molecule has 0 fully saturated rings. The zero-order valence-corrected chi connectivity index (χ0v) is 37.8. The smallest absolute Gasteiger partial charge is 0.162 e. The number of thiazole rings is 1. The fourth-order valence-electron chi connectivity index (χ4n) is 7.02. The Bertz CT molecular complexity index is 2000. The second kappa shape index (κ2) is 19.9. The minimum Gasteiger partial charge on any atom is -0.512 e. The monoisotopic (exact) mass is 922 g/mol. The largest absolute Gasteiger partial charge is 0.512 e. The number of aliphatic hydroxyl groups excluding tert-OH is 1. The molecular formula is C48H61IrN2O2S-. The molecule has 0 amide bonds. The quantitative estimate of drug-likeness (QED) is 0.0769. The van der Waals surface area contributed by atoms with E-state index in [0.717, 1.165) is 52.9 Å². The number of carbonyl (C=O) groups excluding carboxylic acids is 1. The van der Waals surface area contributed by atoms with Gasteiger partial charge < -0.3 is 5.11 Å². The summed E-state index contributed by atoms with van der Waals surface area (Å²) in [6.45, 7) is 26.1. The van der Waals surface area contributed by atoms with Gasteiger partial charge in [0.05, 0.1) is 10.6 Å². The predicted molar refractivity (Wildman–Crippen MR) is 228 cm³/mol. The molecule has 3 aromatic carbocycles. The van der Waals surface area contributed by atoms with E-state index in [1.165, 1.54) is 44.2 Å². The van der Waals surface area contributed by atoms with Crippen LogP contribution in [0.4, 0.5) is 0 Å². The van der Waals surface area contributed by atoms with E-state index in [1.54, 1.807) is 11.3 Å². The summed E-state index contributed by atoms with van der Waals surface area (Å²) in [5, 5.41) is 13.2. The van der Waals surface area contributed by atoms with Crippen molar-refractivity contribution >= 4 is 27.9 Å². The van der Waals surface area contributed by atoms with Crippen LogP contribution in [0, 0.1) is 24.8 Å². The molecule has 54 heavy (non-hydrogen) atoms. The number of benzene rings is 3. The molecule has 0 unspecified atom stereocenters. The normalized spacial score (nSPS) is 12.0. The Labute approximate surface area is 343 Å². The molecule has 0 saturated carbocycles. The van der Waals surface area contributed by atoms with E-state index in [2.05, 4.69) is 116 Å². The van der Waals surface area contributed by atoms with Crippen LogP contribution in [-0.2, 0) is 30.3 Å². The first-order valence-corrected chi connectivity index (χ1v) is 20.4. The number of allylic oxidation sites excluding steroid dienone is 2. The molecule has 0 saturated heterocycles. The summed E-state index contributed by atoms with van der Waals surface area (Å²) in [7, 11) is 0. The van der Waals surface area contributed by atoms with E-state index in [-0.39, 0.29) is 48.9 Å². The standard InChI is InChI=1S/C35H37N2S.C13H24O2.Ir/c1-21(2)26-14-11-15-27(22(3)4)33(26)34-37-20-32(38-34)29-18-31(36-19-23(29)5)25-16-24-12-9-10-13-28(24)30(17-25)35(6,7)8;1-5-10(6-2)12(14)9-13(15)11(7-3)8-4;/h9-15,17-22H,1-8H3;9-11,14H,5-8H2,1-4H3;/q-1;;/b;12-9-;. The van der Waals surface area contributed by atoms with Crippen molar-refractivity contribution < 1.29 is 30.0 Å². The number of carbonyl (C=O) groups is 1. The van der Waals surface area contributed by atoms with Gasteiger partial charge in [0.15, 0.2) is 5.78 Å². The van der Waals surface area contributed by atoms with Gasteiger partial charge >= 0.3 is 0 Å². The summed E-state index contributed by atoms with van der Waals surface area (Å²) < 4.78 is 0. The fourth-order valence-corrected chi connectivity index (χ4v) is 8.10. The van der Waals surface area contributed by atoms with Crippen LogP contribution in [0.1, 0.15) is 136 Å². The molecule has 1 N–H and O–H groups in total. The van der Waals surface area contributed by atoms with Crippen molar-refractivity contribution in [3.05, 3.63) is 107 Å². The predicted octanol–water partition coefficient (Wildman–Crippen LogP) is 14.2. The van der Waals surface area contributed by atoms with Crippen molar-refractivity contribution in [2.24, 2.45) is 11.8 Å². The number of hydrogen-bond acceptors (Lipinski definition) is 5. The third kappa shape index (κ3) is 10.6. The number of ketones is 1. The maximum atomic E-state index is 11.7. The fraction of sp³-hybridized carbons (Fsp3) is 0.438. The maximum Gasteiger partial charge on any atom is 0.162 e. The van der Waals surface area contributed by atoms with Crippen LogP contribution in [0.25, 0.3) is 43.0 Å². The van der Waals surface area contributed by atoms with Crippen LogP contribution in [0.15, 0.2) is 78.8 Å². The van der Waals surface area contributed by atoms with Gasteiger partial charge in [0.25, 0.3) is 0 Å². The SMILES string of the molecule is CCC(CC)C(=O)/C=C(\O)C(CC)CC.Cc1cnc(-c2[c-]c3ccccc3c(C(C)(C)C)c2)cc1-c1cnc(-c2c(C(C)C)cccc2C(C)C)s1.[Ir]. The van der Waals surface area contributed by atoms with Crippen LogP contribution < -0.4 is 0 Å². The van der Waals surface area contributed by atoms with E-state index in [9.17, 15) is 9.90 Å². The Balaban J connectivity index is 0.000000418. The number of nitrogens with zero attached hydrogens (tertiary/aromatic N) is 2. The Morgan fingerprint density at radius 2 is 1.43 bits per heavy atom. The topological polar surface area (TPSA) is 63.1 Å². The van der Waals surface area contributed by atoms with Gasteiger partial charge in [-0.15, -0.1) is 40.5 Å². The van der Waals surface area contributed by atoms with Gasteiger partial charge in [-0.2, -0.15) is 0 Å². The Kier molecular flexibility index (Phi) is 16.6. The molecule has 4 nitrogen and oxygen atoms in total. The first kappa shape index (κ1) is 45.0. The molecule has 0 atom stereocenters. The summed E-state index contributed by atoms with van der Waals surface area (Å²) >= 11 is 1.78. The van der Waals surface area contributed by atoms with Crippen molar-refractivity contribution in [1.82, 2.24) is 9.97 Å². The molecule has 5 rings (SSSR count). The van der Waals surface area contributed by atoms with Crippen molar-refractivity contribution in [3.8, 4) is 32.3 Å². The van der Waals surface area contributed by atoms with E-state index < -0.39 is 0 Å². The van der Waals surface area contributed by atoms with Crippen molar-refractivity contribution in [1.29, 1.82) is 0 Å². The molecule has 0 aliphatic heterocycles. The third-order valence-electron chi connectivity index (χ3n) is 10.4. The van der Waals surface area contributed by atoms with Crippen LogP contribution in [-0.4, -0.2) is 20.9 Å². The number of aromatic nitrogens is 2. The number of hydrogen-bond donors (Lipinski definition) is 1. The molecule has 2 aromatic heterocycles. The van der Waals surface area contributed by atoms with Crippen LogP contribution >= 0.6 is 11.3 Å². The average molecular weight is 922 g/mol. The van der Waals surface area contributed by atoms with Gasteiger partial charge in [-0.25, -0.2) is 4.98 Å². The molecule has 0 aliphatic rings. The second-order valence-electron chi connectivity index (χ2n) is 15.9. The summed E-state index contributed by atoms with van der Waals surface area (Å²) in [5.41, 5.74) is 9.69. The van der Waals surface area contributed by atoms with E-state index >= 15 is 0 Å². The summed E-state index contributed by atoms with van der Waals surface area (Å²) in [6.07, 6.45) is 8.94. The Hall–Kier alpha value is -3.44. The molecule has 0 bridgehead atoms. The van der Waals surface area contributed by atoms with Gasteiger partial charge in [-0.1, -0.05) is 130 Å². The number of rotatable bonds is 12. The minimum atomic E-state index is 0. The first-order chi connectivity index (χ1) is 25.1. The van der Waals surface area contributed by atoms with Crippen LogP contribution in [0.5, 0.6) is 0 Å². The Morgan fingerprint density at radius 3 is 1.98 bits per heavy atom. The van der Waals surface area contributed by atoms with Gasteiger partial charge in [0, 0.05) is 61.7 Å². The number of aryl methyl sites for hydroxylation is 1. The molecule has 6 heteroatoms. The number of aliphatic hydroxyl groups is 1. The van der Waals surface area contributed by atoms with Gasteiger partial charge in [0.1, 0.15) is 5.01 Å². The zero-order valence-electron chi connectivity index (χ0n) is 34.6. The molecule has 5 aromatic rings. The van der Waals surface area contributed by atoms with Crippen molar-refractivity contribution in [2.75, 3.05) is 0 Å². The average Bonchev–Trinajstić information content (AvgIpc) is 3.61. The maximum absolute atomic E-state index is 11.7. The number of pyridine rings is 1. The van der Waals surface area contributed by atoms with Gasteiger partial charge in [-0.05, 0) is 72.1 Å². The summed E-state index contributed by atoms with van der Waals surface area (Å²) in [5.74, 6) is 1.42. The third-order valence-corrected chi connectivity index (χ3v) is 11.5. The number of fused-ring (bicyclic) bond motifs is 1. The van der Waals surface area contributed by atoms with Crippen LogP contribution in [0.3, 0.4) is 0 Å². The summed E-state index contributed by atoms with van der Waals surface area (Å²) in [4.78, 5) is 22.7. The van der Waals surface area contributed by atoms with Gasteiger partial charge in [0.2, 0.25) is 0 Å². The first-order valence-electron chi connectivity index (χ1n) is 19.6. The van der Waals surface area contributed by atoms with E-state index in [1.807, 2.05) is 40.1 Å². The molecule has 2 heterocycles. The Morgan fingerprint density at radius 1 is 0.833 bits per heavy atom.